The van der Waals surface area contributed by atoms with E-state index in [1.54, 1.807) is 43.5 Å². The van der Waals surface area contributed by atoms with Gasteiger partial charge in [-0.15, -0.1) is 0 Å². The van der Waals surface area contributed by atoms with Crippen molar-refractivity contribution in [3.63, 3.8) is 0 Å². The molecule has 9 heteroatoms. The van der Waals surface area contributed by atoms with Crippen molar-refractivity contribution >= 4 is 27.3 Å². The summed E-state index contributed by atoms with van der Waals surface area (Å²) in [5.74, 6) is 0.116. The highest BCUT2D eigenvalue weighted by Crippen LogP contribution is 2.40. The number of methoxy groups -OCH3 is 1. The van der Waals surface area contributed by atoms with Crippen molar-refractivity contribution in [1.29, 1.82) is 0 Å². The molecule has 1 aromatic heterocycles. The van der Waals surface area contributed by atoms with E-state index >= 15 is 0 Å². The van der Waals surface area contributed by atoms with Crippen LogP contribution in [-0.4, -0.2) is 32.7 Å². The molecule has 0 aliphatic rings. The number of nitrogens with one attached hydrogen (secondary N) is 3. The van der Waals surface area contributed by atoms with Gasteiger partial charge in [-0.2, -0.15) is 0 Å². The van der Waals surface area contributed by atoms with Crippen molar-refractivity contribution in [2.75, 3.05) is 23.4 Å². The Morgan fingerprint density at radius 3 is 2.35 bits per heavy atom. The molecule has 0 aliphatic heterocycles. The third kappa shape index (κ3) is 5.66. The van der Waals surface area contributed by atoms with Crippen molar-refractivity contribution in [2.24, 2.45) is 0 Å². The van der Waals surface area contributed by atoms with Gasteiger partial charge in [-0.3, -0.25) is 14.3 Å². The van der Waals surface area contributed by atoms with E-state index in [2.05, 4.69) is 15.0 Å². The molecule has 3 rings (SSSR count). The van der Waals surface area contributed by atoms with Gasteiger partial charge < -0.3 is 15.0 Å². The molecular formula is C25H29N3O5S. The summed E-state index contributed by atoms with van der Waals surface area (Å²) in [6, 6.07) is 11.7. The van der Waals surface area contributed by atoms with Gasteiger partial charge in [0.1, 0.15) is 5.75 Å². The summed E-state index contributed by atoms with van der Waals surface area (Å²) in [5.41, 5.74) is 3.14. The first-order valence-corrected chi connectivity index (χ1v) is 12.5. The molecule has 0 radical (unpaired) electrons. The summed E-state index contributed by atoms with van der Waals surface area (Å²) in [6.07, 6.45) is 2.63. The SMILES string of the molecule is COc1c(NC(=O)c2ccc(NS(C)(=O)=O)cc2C)cc(-c2ccc[nH]c2=O)cc1C(C)(C)C. The standard InChI is InChI=1S/C25H29N3O5S/c1-15-12-17(28-34(6,31)32)9-10-18(15)24(30)27-21-14-16(19-8-7-11-26-23(19)29)13-20(22(21)33-5)25(2,3)4/h7-14,28H,1-6H3,(H,26,29)(H,27,30). The quantitative estimate of drug-likeness (QED) is 0.484. The molecule has 2 aromatic carbocycles. The number of ether oxygens (including phenoxy) is 1. The highest BCUT2D eigenvalue weighted by Gasteiger charge is 2.25. The number of benzene rings is 2. The first-order chi connectivity index (χ1) is 15.8. The smallest absolute Gasteiger partial charge is 0.256 e. The fourth-order valence-corrected chi connectivity index (χ4v) is 4.24. The molecule has 1 amide bonds. The lowest BCUT2D eigenvalue weighted by Gasteiger charge is -2.25. The third-order valence-corrected chi connectivity index (χ3v) is 5.86. The van der Waals surface area contributed by atoms with Gasteiger partial charge in [-0.25, -0.2) is 8.42 Å². The average molecular weight is 484 g/mol. The number of amides is 1. The maximum atomic E-state index is 13.2. The number of carbonyl (C=O) groups excluding carboxylic acids is 1. The maximum absolute atomic E-state index is 13.2. The van der Waals surface area contributed by atoms with E-state index in [-0.39, 0.29) is 16.9 Å². The highest BCUT2D eigenvalue weighted by atomic mass is 32.2. The van der Waals surface area contributed by atoms with Crippen LogP contribution in [-0.2, 0) is 15.4 Å². The van der Waals surface area contributed by atoms with Crippen LogP contribution in [0.15, 0.2) is 53.5 Å². The van der Waals surface area contributed by atoms with E-state index in [0.717, 1.165) is 11.8 Å². The Balaban J connectivity index is 2.08. The van der Waals surface area contributed by atoms with Gasteiger partial charge in [0, 0.05) is 28.6 Å². The maximum Gasteiger partial charge on any atom is 0.256 e. The first kappa shape index (κ1) is 25.0. The Labute approximate surface area is 199 Å². The Morgan fingerprint density at radius 1 is 1.09 bits per heavy atom. The first-order valence-electron chi connectivity index (χ1n) is 10.6. The summed E-state index contributed by atoms with van der Waals surface area (Å²) in [5, 5.41) is 2.91. The van der Waals surface area contributed by atoms with Crippen molar-refractivity contribution in [3.8, 4) is 16.9 Å². The van der Waals surface area contributed by atoms with E-state index < -0.39 is 10.0 Å². The monoisotopic (exact) mass is 483 g/mol. The number of hydrogen-bond donors (Lipinski definition) is 3. The lowest BCUT2D eigenvalue weighted by molar-refractivity contribution is 0.102. The second kappa shape index (κ2) is 9.34. The lowest BCUT2D eigenvalue weighted by atomic mass is 9.84. The van der Waals surface area contributed by atoms with Gasteiger partial charge in [0.25, 0.3) is 11.5 Å². The number of aromatic nitrogens is 1. The topological polar surface area (TPSA) is 117 Å². The van der Waals surface area contributed by atoms with Crippen molar-refractivity contribution in [1.82, 2.24) is 4.98 Å². The van der Waals surface area contributed by atoms with E-state index in [0.29, 0.717) is 39.4 Å². The summed E-state index contributed by atoms with van der Waals surface area (Å²) < 4.78 is 31.1. The van der Waals surface area contributed by atoms with Gasteiger partial charge in [0.2, 0.25) is 10.0 Å². The van der Waals surface area contributed by atoms with Crippen LogP contribution in [0.3, 0.4) is 0 Å². The second-order valence-corrected chi connectivity index (χ2v) is 10.9. The molecule has 0 bridgehead atoms. The molecular weight excluding hydrogens is 454 g/mol. The van der Waals surface area contributed by atoms with Gasteiger partial charge in [-0.1, -0.05) is 20.8 Å². The number of sulfonamides is 1. The number of anilines is 2. The predicted molar refractivity (Wildman–Crippen MR) is 135 cm³/mol. The third-order valence-electron chi connectivity index (χ3n) is 5.25. The molecule has 0 fully saturated rings. The number of hydrogen-bond acceptors (Lipinski definition) is 5. The number of aromatic amines is 1. The predicted octanol–water partition coefficient (Wildman–Crippen LogP) is 4.28. The molecule has 3 aromatic rings. The van der Waals surface area contributed by atoms with Crippen LogP contribution < -0.4 is 20.3 Å². The number of pyridine rings is 1. The van der Waals surface area contributed by atoms with Crippen LogP contribution in [0.2, 0.25) is 0 Å². The number of H-pyrrole nitrogens is 1. The Hall–Kier alpha value is -3.59. The summed E-state index contributed by atoms with van der Waals surface area (Å²) in [6.45, 7) is 7.79. The largest absolute Gasteiger partial charge is 0.494 e. The van der Waals surface area contributed by atoms with Crippen molar-refractivity contribution in [2.45, 2.75) is 33.1 Å². The van der Waals surface area contributed by atoms with E-state index in [1.165, 1.54) is 13.2 Å². The van der Waals surface area contributed by atoms with Crippen molar-refractivity contribution < 1.29 is 17.9 Å². The molecule has 1 heterocycles. The summed E-state index contributed by atoms with van der Waals surface area (Å²) in [4.78, 5) is 28.3. The molecule has 0 unspecified atom stereocenters. The zero-order valence-electron chi connectivity index (χ0n) is 20.1. The fraction of sp³-hybridized carbons (Fsp3) is 0.280. The van der Waals surface area contributed by atoms with E-state index in [9.17, 15) is 18.0 Å². The number of aryl methyl sites for hydroxylation is 1. The van der Waals surface area contributed by atoms with Crippen LogP contribution in [0, 0.1) is 6.92 Å². The molecule has 8 nitrogen and oxygen atoms in total. The van der Waals surface area contributed by atoms with Crippen LogP contribution >= 0.6 is 0 Å². The molecule has 0 saturated heterocycles. The van der Waals surface area contributed by atoms with Crippen LogP contribution in [0.5, 0.6) is 5.75 Å². The fourth-order valence-electron chi connectivity index (χ4n) is 3.69. The minimum absolute atomic E-state index is 0.241. The lowest BCUT2D eigenvalue weighted by Crippen LogP contribution is -2.19. The zero-order chi connectivity index (χ0) is 25.3. The zero-order valence-corrected chi connectivity index (χ0v) is 20.9. The van der Waals surface area contributed by atoms with Crippen LogP contribution in [0.1, 0.15) is 42.3 Å². The Bertz CT molecular complexity index is 1400. The molecule has 0 atom stereocenters. The van der Waals surface area contributed by atoms with Gasteiger partial charge in [0.05, 0.1) is 19.1 Å². The van der Waals surface area contributed by atoms with Gasteiger partial charge in [0.15, 0.2) is 0 Å². The summed E-state index contributed by atoms with van der Waals surface area (Å²) >= 11 is 0. The second-order valence-electron chi connectivity index (χ2n) is 9.13. The molecule has 0 spiro atoms. The molecule has 3 N–H and O–H groups in total. The van der Waals surface area contributed by atoms with Crippen molar-refractivity contribution in [3.05, 3.63) is 75.7 Å². The highest BCUT2D eigenvalue weighted by molar-refractivity contribution is 7.92. The number of carbonyl (C=O) groups is 1. The van der Waals surface area contributed by atoms with Crippen LogP contribution in [0.25, 0.3) is 11.1 Å². The van der Waals surface area contributed by atoms with Gasteiger partial charge >= 0.3 is 0 Å². The minimum atomic E-state index is -3.43. The Kier molecular flexibility index (Phi) is 6.88. The molecule has 34 heavy (non-hydrogen) atoms. The normalized spacial score (nSPS) is 11.7. The molecule has 0 saturated carbocycles. The molecule has 180 valence electrons. The minimum Gasteiger partial charge on any atom is -0.494 e. The molecule has 0 aliphatic carbocycles. The Morgan fingerprint density at radius 2 is 1.79 bits per heavy atom. The average Bonchev–Trinajstić information content (AvgIpc) is 2.71. The van der Waals surface area contributed by atoms with Gasteiger partial charge in [-0.05, 0) is 65.9 Å². The summed E-state index contributed by atoms with van der Waals surface area (Å²) in [7, 11) is -1.90. The van der Waals surface area contributed by atoms with Crippen LogP contribution in [0.4, 0.5) is 11.4 Å². The van der Waals surface area contributed by atoms with E-state index in [4.69, 9.17) is 4.74 Å². The number of rotatable bonds is 6. The van der Waals surface area contributed by atoms with E-state index in [1.807, 2.05) is 26.8 Å².